The van der Waals surface area contributed by atoms with Gasteiger partial charge in [0.2, 0.25) is 0 Å². The highest BCUT2D eigenvalue weighted by Crippen LogP contribution is 2.25. The van der Waals surface area contributed by atoms with Crippen LogP contribution in [0.4, 0.5) is 5.82 Å². The predicted octanol–water partition coefficient (Wildman–Crippen LogP) is 1.82. The van der Waals surface area contributed by atoms with Crippen molar-refractivity contribution in [1.29, 1.82) is 0 Å². The molecule has 29 heavy (non-hydrogen) atoms. The molecule has 2 aromatic rings. The molecule has 0 aliphatic heterocycles. The Hall–Kier alpha value is -2.17. The number of methoxy groups -OCH3 is 1. The van der Waals surface area contributed by atoms with E-state index in [4.69, 9.17) is 9.47 Å². The number of imidazole rings is 1. The molecule has 0 aliphatic rings. The molecule has 0 unspecified atom stereocenters. The maximum Gasteiger partial charge on any atom is 0.343 e. The highest BCUT2D eigenvalue weighted by atomic mass is 28.3. The van der Waals surface area contributed by atoms with E-state index in [0.717, 1.165) is 12.6 Å². The number of aromatic amines is 1. The third-order valence-electron chi connectivity index (χ3n) is 4.64. The number of nitrogens with zero attached hydrogens (tertiary/aromatic N) is 4. The maximum absolute atomic E-state index is 12.7. The number of nitrogens with one attached hydrogen (secondary N) is 1. The van der Waals surface area contributed by atoms with Crippen LogP contribution in [-0.4, -0.2) is 81.4 Å². The van der Waals surface area contributed by atoms with Crippen LogP contribution in [0.3, 0.4) is 0 Å². The molecule has 0 bridgehead atoms. The summed E-state index contributed by atoms with van der Waals surface area (Å²) in [6, 6.07) is 1.03. The van der Waals surface area contributed by atoms with Crippen molar-refractivity contribution in [2.24, 2.45) is 0 Å². The number of anilines is 1. The van der Waals surface area contributed by atoms with Crippen molar-refractivity contribution < 1.29 is 14.3 Å². The molecule has 0 amide bonds. The van der Waals surface area contributed by atoms with E-state index in [0.29, 0.717) is 24.5 Å². The van der Waals surface area contributed by atoms with Crippen molar-refractivity contribution in [2.45, 2.75) is 32.4 Å². The van der Waals surface area contributed by atoms with Crippen molar-refractivity contribution in [2.75, 3.05) is 52.8 Å². The predicted molar refractivity (Wildman–Crippen MR) is 118 cm³/mol. The number of carbonyl (C=O) groups is 1. The van der Waals surface area contributed by atoms with Crippen molar-refractivity contribution in [3.63, 3.8) is 0 Å². The SMILES string of the molecule is COC(=O)c1c(N(C)CCN(C)C)[nH]c(=O)c2ncn(COCC[Si](C)(C)C)c12. The fourth-order valence-corrected chi connectivity index (χ4v) is 3.59. The average molecular weight is 424 g/mol. The van der Waals surface area contributed by atoms with E-state index in [-0.39, 0.29) is 23.4 Å². The van der Waals surface area contributed by atoms with Gasteiger partial charge in [-0.25, -0.2) is 9.78 Å². The molecule has 2 heterocycles. The van der Waals surface area contributed by atoms with Gasteiger partial charge in [-0.1, -0.05) is 19.6 Å². The van der Waals surface area contributed by atoms with Crippen LogP contribution in [0.5, 0.6) is 0 Å². The van der Waals surface area contributed by atoms with Crippen LogP contribution < -0.4 is 10.5 Å². The Balaban J connectivity index is 2.44. The summed E-state index contributed by atoms with van der Waals surface area (Å²) in [7, 11) is 5.88. The van der Waals surface area contributed by atoms with Gasteiger partial charge in [-0.15, -0.1) is 0 Å². The second kappa shape index (κ2) is 9.55. The van der Waals surface area contributed by atoms with Gasteiger partial charge in [0.05, 0.1) is 19.0 Å². The zero-order valence-electron chi connectivity index (χ0n) is 18.5. The Labute approximate surface area is 172 Å². The standard InChI is InChI=1S/C19H33N5O4Si/c1-22(2)8-9-23(3)17-14(19(26)27-4)16-15(18(25)21-17)20-12-24(16)13-28-10-11-29(5,6)7/h12H,8-11,13H2,1-7H3,(H,21,25). The number of likely N-dealkylation sites (N-methyl/N-ethyl adjacent to an activating group) is 2. The van der Waals surface area contributed by atoms with Gasteiger partial charge in [0.15, 0.2) is 5.52 Å². The number of fused-ring (bicyclic) bond motifs is 1. The van der Waals surface area contributed by atoms with Crippen LogP contribution in [0.2, 0.25) is 25.7 Å². The van der Waals surface area contributed by atoms with Gasteiger partial charge >= 0.3 is 5.97 Å². The molecule has 0 fully saturated rings. The number of rotatable bonds is 10. The normalized spacial score (nSPS) is 12.0. The summed E-state index contributed by atoms with van der Waals surface area (Å²) in [5.74, 6) is -0.109. The van der Waals surface area contributed by atoms with Crippen LogP contribution in [0.15, 0.2) is 11.1 Å². The van der Waals surface area contributed by atoms with Crippen molar-refractivity contribution in [1.82, 2.24) is 19.4 Å². The highest BCUT2D eigenvalue weighted by molar-refractivity contribution is 6.76. The molecule has 0 aromatic carbocycles. The molecule has 9 nitrogen and oxygen atoms in total. The number of esters is 1. The molecule has 1 N–H and O–H groups in total. The summed E-state index contributed by atoms with van der Waals surface area (Å²) in [5.41, 5.74) is 0.569. The first-order chi connectivity index (χ1) is 13.5. The molecule has 0 radical (unpaired) electrons. The summed E-state index contributed by atoms with van der Waals surface area (Å²) in [6.07, 6.45) is 1.53. The smallest absolute Gasteiger partial charge is 0.343 e. The van der Waals surface area contributed by atoms with Crippen LogP contribution in [0, 0.1) is 0 Å². The van der Waals surface area contributed by atoms with Crippen LogP contribution in [0.1, 0.15) is 10.4 Å². The van der Waals surface area contributed by atoms with Gasteiger partial charge in [-0.3, -0.25) is 4.79 Å². The van der Waals surface area contributed by atoms with E-state index in [1.165, 1.54) is 13.4 Å². The minimum atomic E-state index is -1.21. The minimum absolute atomic E-state index is 0.198. The van der Waals surface area contributed by atoms with Crippen molar-refractivity contribution >= 4 is 30.9 Å². The molecule has 0 saturated heterocycles. The lowest BCUT2D eigenvalue weighted by Crippen LogP contribution is -2.32. The van der Waals surface area contributed by atoms with E-state index < -0.39 is 14.0 Å². The number of ether oxygens (including phenoxy) is 2. The molecule has 0 atom stereocenters. The van der Waals surface area contributed by atoms with Crippen molar-refractivity contribution in [3.8, 4) is 0 Å². The molecule has 10 heteroatoms. The highest BCUT2D eigenvalue weighted by Gasteiger charge is 2.25. The summed E-state index contributed by atoms with van der Waals surface area (Å²) in [5, 5.41) is 0. The van der Waals surface area contributed by atoms with E-state index in [2.05, 4.69) is 29.6 Å². The Morgan fingerprint density at radius 3 is 2.52 bits per heavy atom. The first kappa shape index (κ1) is 23.1. The maximum atomic E-state index is 12.7. The van der Waals surface area contributed by atoms with Crippen LogP contribution in [-0.2, 0) is 16.2 Å². The van der Waals surface area contributed by atoms with Gasteiger partial charge in [0.1, 0.15) is 18.1 Å². The molecular weight excluding hydrogens is 390 g/mol. The summed E-state index contributed by atoms with van der Waals surface area (Å²) >= 11 is 0. The minimum Gasteiger partial charge on any atom is -0.465 e. The molecule has 0 spiro atoms. The topological polar surface area (TPSA) is 92.7 Å². The van der Waals surface area contributed by atoms with E-state index >= 15 is 0 Å². The third-order valence-corrected chi connectivity index (χ3v) is 6.34. The van der Waals surface area contributed by atoms with E-state index in [1.54, 1.807) is 4.57 Å². The first-order valence-corrected chi connectivity index (χ1v) is 13.4. The largest absolute Gasteiger partial charge is 0.465 e. The fourth-order valence-electron chi connectivity index (χ4n) is 2.83. The van der Waals surface area contributed by atoms with Gasteiger partial charge < -0.3 is 28.8 Å². The Bertz CT molecular complexity index is 900. The molecule has 2 rings (SSSR count). The number of carbonyl (C=O) groups excluding carboxylic acids is 1. The summed E-state index contributed by atoms with van der Waals surface area (Å²) in [4.78, 5) is 36.2. The van der Waals surface area contributed by atoms with Gasteiger partial charge in [-0.2, -0.15) is 0 Å². The van der Waals surface area contributed by atoms with Gasteiger partial charge in [-0.05, 0) is 20.1 Å². The quantitative estimate of drug-likeness (QED) is 0.354. The Morgan fingerprint density at radius 1 is 1.24 bits per heavy atom. The lowest BCUT2D eigenvalue weighted by molar-refractivity contribution is 0.0601. The molecule has 2 aromatic heterocycles. The fraction of sp³-hybridized carbons (Fsp3) is 0.632. The lowest BCUT2D eigenvalue weighted by Gasteiger charge is -2.23. The van der Waals surface area contributed by atoms with Crippen LogP contribution in [0.25, 0.3) is 11.0 Å². The number of pyridine rings is 1. The molecular formula is C19H33N5O4Si. The number of hydrogen-bond donors (Lipinski definition) is 1. The summed E-state index contributed by atoms with van der Waals surface area (Å²) in [6.45, 7) is 9.09. The lowest BCUT2D eigenvalue weighted by atomic mass is 10.2. The second-order valence-electron chi connectivity index (χ2n) is 8.65. The monoisotopic (exact) mass is 423 g/mol. The Kier molecular flexibility index (Phi) is 7.61. The van der Waals surface area contributed by atoms with Gasteiger partial charge in [0, 0.05) is 34.8 Å². The second-order valence-corrected chi connectivity index (χ2v) is 14.3. The number of H-pyrrole nitrogens is 1. The zero-order valence-corrected chi connectivity index (χ0v) is 19.5. The third kappa shape index (κ3) is 5.91. The number of hydrogen-bond acceptors (Lipinski definition) is 7. The van der Waals surface area contributed by atoms with Crippen molar-refractivity contribution in [3.05, 3.63) is 22.2 Å². The molecule has 0 saturated carbocycles. The molecule has 0 aliphatic carbocycles. The first-order valence-electron chi connectivity index (χ1n) is 9.68. The average Bonchev–Trinajstić information content (AvgIpc) is 3.06. The molecule has 162 valence electrons. The van der Waals surface area contributed by atoms with E-state index in [1.807, 2.05) is 30.9 Å². The Morgan fingerprint density at radius 2 is 1.93 bits per heavy atom. The van der Waals surface area contributed by atoms with Gasteiger partial charge in [0.25, 0.3) is 5.56 Å². The van der Waals surface area contributed by atoms with E-state index in [9.17, 15) is 9.59 Å². The number of aromatic nitrogens is 3. The zero-order chi connectivity index (χ0) is 21.8. The summed E-state index contributed by atoms with van der Waals surface area (Å²) < 4.78 is 12.5. The van der Waals surface area contributed by atoms with Crippen LogP contribution >= 0.6 is 0 Å².